The molecule has 0 aliphatic rings. The van der Waals surface area contributed by atoms with Gasteiger partial charge < -0.3 is 4.90 Å². The third kappa shape index (κ3) is 5.27. The first-order valence-electron chi connectivity index (χ1n) is 18.7. The topological polar surface area (TPSA) is 3.24 Å². The largest absolute Gasteiger partial charge is 0.308 e. The van der Waals surface area contributed by atoms with Gasteiger partial charge in [-0.25, -0.2) is 0 Å². The van der Waals surface area contributed by atoms with Gasteiger partial charge in [0.1, 0.15) is 0 Å². The van der Waals surface area contributed by atoms with Gasteiger partial charge in [-0.2, -0.15) is 0 Å². The number of anilines is 3. The summed E-state index contributed by atoms with van der Waals surface area (Å²) in [5.41, 5.74) is 10.8. The fraction of sp³-hybridized carbons (Fsp3) is 0. The summed E-state index contributed by atoms with van der Waals surface area (Å²) in [4.78, 5) is 2.49. The maximum Gasteiger partial charge on any atom is 0.0640 e. The van der Waals surface area contributed by atoms with E-state index < -0.39 is 0 Å². The van der Waals surface area contributed by atoms with E-state index in [2.05, 4.69) is 205 Å². The quantitative estimate of drug-likeness (QED) is 0.164. The molecule has 2 heterocycles. The summed E-state index contributed by atoms with van der Waals surface area (Å²) in [5, 5.41) is 7.72. The summed E-state index contributed by atoms with van der Waals surface area (Å²) in [7, 11) is 0. The Hall–Kier alpha value is -6.52. The highest BCUT2D eigenvalue weighted by Crippen LogP contribution is 2.49. The van der Waals surface area contributed by atoms with Crippen LogP contribution in [0.25, 0.3) is 84.5 Å². The molecule has 0 aliphatic carbocycles. The Morgan fingerprint density at radius 1 is 0.309 bits per heavy atom. The van der Waals surface area contributed by atoms with Crippen molar-refractivity contribution in [3.8, 4) is 33.4 Å². The summed E-state index contributed by atoms with van der Waals surface area (Å²) < 4.78 is 5.22. The number of thiophene rings is 2. The van der Waals surface area contributed by atoms with Crippen LogP contribution in [-0.2, 0) is 0 Å². The van der Waals surface area contributed by atoms with Crippen LogP contribution >= 0.6 is 22.7 Å². The highest BCUT2D eigenvalue weighted by atomic mass is 32.1. The van der Waals surface area contributed by atoms with E-state index in [0.717, 1.165) is 11.4 Å². The first-order valence-corrected chi connectivity index (χ1v) is 20.3. The average molecular weight is 736 g/mol. The number of hydrogen-bond donors (Lipinski definition) is 0. The Kier molecular flexibility index (Phi) is 7.61. The van der Waals surface area contributed by atoms with E-state index in [0.29, 0.717) is 0 Å². The van der Waals surface area contributed by atoms with Crippen molar-refractivity contribution in [2.45, 2.75) is 0 Å². The van der Waals surface area contributed by atoms with Gasteiger partial charge in [-0.3, -0.25) is 0 Å². The predicted octanol–water partition coefficient (Wildman–Crippen LogP) is 16.0. The van der Waals surface area contributed by atoms with Crippen LogP contribution < -0.4 is 4.90 Å². The second kappa shape index (κ2) is 13.1. The molecule has 0 unspecified atom stereocenters. The maximum atomic E-state index is 2.49. The first kappa shape index (κ1) is 32.0. The molecule has 1 nitrogen and oxygen atoms in total. The monoisotopic (exact) mass is 735 g/mol. The van der Waals surface area contributed by atoms with Gasteiger partial charge >= 0.3 is 0 Å². The lowest BCUT2D eigenvalue weighted by Crippen LogP contribution is -2.11. The zero-order chi connectivity index (χ0) is 36.3. The molecule has 0 amide bonds. The third-order valence-corrected chi connectivity index (χ3v) is 13.2. The summed E-state index contributed by atoms with van der Waals surface area (Å²) in [5.74, 6) is 0. The van der Waals surface area contributed by atoms with Crippen molar-refractivity contribution >= 4 is 90.9 Å². The molecule has 0 saturated heterocycles. The summed E-state index contributed by atoms with van der Waals surface area (Å²) in [6.07, 6.45) is 0. The third-order valence-electron chi connectivity index (χ3n) is 10.9. The number of fused-ring (bicyclic) bond motifs is 7. The lowest BCUT2D eigenvalue weighted by Gasteiger charge is -2.29. The van der Waals surface area contributed by atoms with E-state index >= 15 is 0 Å². The molecule has 0 aliphatic heterocycles. The second-order valence-corrected chi connectivity index (χ2v) is 16.1. The average Bonchev–Trinajstić information content (AvgIpc) is 3.83. The number of rotatable bonds is 6. The van der Waals surface area contributed by atoms with Crippen molar-refractivity contribution < 1.29 is 0 Å². The lowest BCUT2D eigenvalue weighted by atomic mass is 9.90. The molecule has 9 aromatic carbocycles. The smallest absolute Gasteiger partial charge is 0.0640 e. The van der Waals surface area contributed by atoms with Crippen LogP contribution in [0.3, 0.4) is 0 Å². The van der Waals surface area contributed by atoms with E-state index in [1.54, 1.807) is 0 Å². The van der Waals surface area contributed by atoms with Gasteiger partial charge in [-0.15, -0.1) is 22.7 Å². The van der Waals surface area contributed by atoms with Crippen molar-refractivity contribution in [1.29, 1.82) is 0 Å². The van der Waals surface area contributed by atoms with Crippen molar-refractivity contribution in [3.05, 3.63) is 200 Å². The van der Waals surface area contributed by atoms with Crippen LogP contribution in [0.15, 0.2) is 200 Å². The van der Waals surface area contributed by atoms with E-state index in [4.69, 9.17) is 0 Å². The molecule has 0 N–H and O–H groups in total. The Morgan fingerprint density at radius 2 is 0.855 bits per heavy atom. The van der Waals surface area contributed by atoms with Crippen LogP contribution in [0.2, 0.25) is 0 Å². The predicted molar refractivity (Wildman–Crippen MR) is 241 cm³/mol. The van der Waals surface area contributed by atoms with E-state index in [1.807, 2.05) is 22.7 Å². The van der Waals surface area contributed by atoms with E-state index in [9.17, 15) is 0 Å². The van der Waals surface area contributed by atoms with Gasteiger partial charge in [0.25, 0.3) is 0 Å². The van der Waals surface area contributed by atoms with Crippen LogP contribution in [-0.4, -0.2) is 0 Å². The number of nitrogens with zero attached hydrogens (tertiary/aromatic N) is 1. The SMILES string of the molecule is c1ccc(-c2cccc3cccc(-c4ccccc4N(c4ccc(-c5cccc6sc7ccccc7c56)cc4)c4cccc5c4sc4ccccc45)c23)cc1. The molecule has 0 fully saturated rings. The molecule has 0 bridgehead atoms. The van der Waals surface area contributed by atoms with Crippen molar-refractivity contribution in [2.24, 2.45) is 0 Å². The fourth-order valence-corrected chi connectivity index (χ4v) is 10.8. The molecule has 258 valence electrons. The standard InChI is InChI=1S/C52H33NS2/c1-2-14-34(15-3-1)38-21-10-16-36-17-11-23-42(50(36)38)40-18-4-7-25-45(40)53(46-26-12-24-43-41-19-5-8-27-47(41)55-52(43)46)37-32-30-35(31-33-37)39-22-13-29-49-51(39)44-20-6-9-28-48(44)54-49/h1-33H. The van der Waals surface area contributed by atoms with Gasteiger partial charge in [-0.1, -0.05) is 158 Å². The van der Waals surface area contributed by atoms with E-state index in [1.165, 1.54) is 90.2 Å². The Labute approximate surface area is 327 Å². The molecule has 0 spiro atoms. The normalized spacial score (nSPS) is 11.6. The molecule has 11 aromatic rings. The van der Waals surface area contributed by atoms with Gasteiger partial charge in [0.15, 0.2) is 0 Å². The lowest BCUT2D eigenvalue weighted by molar-refractivity contribution is 1.30. The van der Waals surface area contributed by atoms with Crippen LogP contribution in [0.5, 0.6) is 0 Å². The summed E-state index contributed by atoms with van der Waals surface area (Å²) in [6.45, 7) is 0. The molecular formula is C52H33NS2. The van der Waals surface area contributed by atoms with Gasteiger partial charge in [0, 0.05) is 46.9 Å². The molecule has 3 heteroatoms. The fourth-order valence-electron chi connectivity index (χ4n) is 8.44. The Balaban J connectivity index is 1.15. The van der Waals surface area contributed by atoms with Crippen LogP contribution in [0.4, 0.5) is 17.1 Å². The highest BCUT2D eigenvalue weighted by Gasteiger charge is 2.22. The number of benzene rings is 9. The molecule has 0 radical (unpaired) electrons. The Morgan fingerprint density at radius 3 is 1.67 bits per heavy atom. The van der Waals surface area contributed by atoms with Crippen LogP contribution in [0, 0.1) is 0 Å². The van der Waals surface area contributed by atoms with Gasteiger partial charge in [-0.05, 0) is 81.1 Å². The minimum atomic E-state index is 1.12. The second-order valence-electron chi connectivity index (χ2n) is 14.0. The number of hydrogen-bond acceptors (Lipinski definition) is 3. The highest BCUT2D eigenvalue weighted by molar-refractivity contribution is 7.26. The maximum absolute atomic E-state index is 2.49. The Bertz CT molecular complexity index is 3200. The van der Waals surface area contributed by atoms with Gasteiger partial charge in [0.2, 0.25) is 0 Å². The summed E-state index contributed by atoms with van der Waals surface area (Å²) >= 11 is 3.74. The van der Waals surface area contributed by atoms with Gasteiger partial charge in [0.05, 0.1) is 16.1 Å². The molecular weight excluding hydrogens is 703 g/mol. The molecule has 11 rings (SSSR count). The minimum absolute atomic E-state index is 1.12. The summed E-state index contributed by atoms with van der Waals surface area (Å²) in [6, 6.07) is 73.4. The minimum Gasteiger partial charge on any atom is -0.308 e. The van der Waals surface area contributed by atoms with Crippen molar-refractivity contribution in [3.63, 3.8) is 0 Å². The molecule has 55 heavy (non-hydrogen) atoms. The molecule has 0 atom stereocenters. The zero-order valence-electron chi connectivity index (χ0n) is 29.8. The van der Waals surface area contributed by atoms with Crippen LogP contribution in [0.1, 0.15) is 0 Å². The van der Waals surface area contributed by atoms with Crippen molar-refractivity contribution in [2.75, 3.05) is 4.90 Å². The first-order chi connectivity index (χ1) is 27.3. The molecule has 0 saturated carbocycles. The molecule has 2 aromatic heterocycles. The zero-order valence-corrected chi connectivity index (χ0v) is 31.4. The van der Waals surface area contributed by atoms with E-state index in [-0.39, 0.29) is 0 Å². The number of para-hydroxylation sites is 1. The van der Waals surface area contributed by atoms with Crippen molar-refractivity contribution in [1.82, 2.24) is 0 Å².